The minimum atomic E-state index is -0.0656. The lowest BCUT2D eigenvalue weighted by Crippen LogP contribution is -2.26. The van der Waals surface area contributed by atoms with Gasteiger partial charge in [-0.15, -0.1) is 0 Å². The molecule has 2 aromatic carbocycles. The first kappa shape index (κ1) is 19.3. The summed E-state index contributed by atoms with van der Waals surface area (Å²) in [6.45, 7) is 5.88. The molecule has 4 nitrogen and oxygen atoms in total. The first-order chi connectivity index (χ1) is 13.1. The molecule has 5 heteroatoms. The van der Waals surface area contributed by atoms with Gasteiger partial charge in [0.2, 0.25) is 0 Å². The first-order valence-electron chi connectivity index (χ1n) is 9.41. The molecular weight excluding hydrogens is 360 g/mol. The number of ether oxygens (including phenoxy) is 1. The minimum absolute atomic E-state index is 0.0656. The molecule has 0 radical (unpaired) electrons. The van der Waals surface area contributed by atoms with Gasteiger partial charge in [-0.3, -0.25) is 4.79 Å². The maximum atomic E-state index is 12.8. The van der Waals surface area contributed by atoms with Gasteiger partial charge in [-0.25, -0.2) is 0 Å². The summed E-state index contributed by atoms with van der Waals surface area (Å²) in [5.41, 5.74) is 2.65. The third-order valence-electron chi connectivity index (χ3n) is 4.48. The van der Waals surface area contributed by atoms with Gasteiger partial charge >= 0.3 is 0 Å². The van der Waals surface area contributed by atoms with Gasteiger partial charge < -0.3 is 14.6 Å². The predicted molar refractivity (Wildman–Crippen MR) is 111 cm³/mol. The third kappa shape index (κ3) is 4.45. The molecule has 1 amide bonds. The molecule has 0 aliphatic rings. The molecule has 3 rings (SSSR count). The van der Waals surface area contributed by atoms with Crippen molar-refractivity contribution < 1.29 is 9.53 Å². The van der Waals surface area contributed by atoms with E-state index in [-0.39, 0.29) is 5.91 Å². The van der Waals surface area contributed by atoms with E-state index in [1.54, 1.807) is 0 Å². The molecule has 0 saturated carbocycles. The van der Waals surface area contributed by atoms with Gasteiger partial charge in [-0.1, -0.05) is 43.1 Å². The lowest BCUT2D eigenvalue weighted by Gasteiger charge is -2.12. The fraction of sp³-hybridized carbons (Fsp3) is 0.318. The Labute approximate surface area is 165 Å². The quantitative estimate of drug-likeness (QED) is 0.537. The highest BCUT2D eigenvalue weighted by molar-refractivity contribution is 6.30. The molecule has 142 valence electrons. The molecule has 1 heterocycles. The van der Waals surface area contributed by atoms with Crippen molar-refractivity contribution in [2.24, 2.45) is 0 Å². The van der Waals surface area contributed by atoms with Gasteiger partial charge in [0.15, 0.2) is 0 Å². The van der Waals surface area contributed by atoms with Crippen LogP contribution in [0.2, 0.25) is 5.02 Å². The number of rotatable bonds is 8. The summed E-state index contributed by atoms with van der Waals surface area (Å²) in [5, 5.41) is 4.66. The van der Waals surface area contributed by atoms with Gasteiger partial charge in [0.05, 0.1) is 12.1 Å². The largest absolute Gasteiger partial charge is 0.493 e. The van der Waals surface area contributed by atoms with Crippen molar-refractivity contribution in [2.45, 2.75) is 33.2 Å². The van der Waals surface area contributed by atoms with Crippen molar-refractivity contribution >= 4 is 28.4 Å². The molecule has 0 unspecified atom stereocenters. The van der Waals surface area contributed by atoms with Crippen LogP contribution in [-0.4, -0.2) is 23.6 Å². The van der Waals surface area contributed by atoms with E-state index in [9.17, 15) is 4.79 Å². The SMILES string of the molecule is CCCCNC(=O)c1cc2c(OCC)cccc2n1Cc1cccc(Cl)c1. The van der Waals surface area contributed by atoms with Crippen molar-refractivity contribution in [2.75, 3.05) is 13.2 Å². The van der Waals surface area contributed by atoms with E-state index in [1.807, 2.05) is 60.0 Å². The molecule has 0 atom stereocenters. The highest BCUT2D eigenvalue weighted by Crippen LogP contribution is 2.30. The summed E-state index contributed by atoms with van der Waals surface area (Å²) in [5.74, 6) is 0.728. The number of aromatic nitrogens is 1. The molecule has 1 aromatic heterocycles. The van der Waals surface area contributed by atoms with E-state index in [1.165, 1.54) is 0 Å². The van der Waals surface area contributed by atoms with Crippen molar-refractivity contribution in [3.05, 3.63) is 64.8 Å². The van der Waals surface area contributed by atoms with Crippen molar-refractivity contribution in [3.63, 3.8) is 0 Å². The monoisotopic (exact) mass is 384 g/mol. The first-order valence-corrected chi connectivity index (χ1v) is 9.79. The van der Waals surface area contributed by atoms with Gasteiger partial charge in [0.25, 0.3) is 5.91 Å². The van der Waals surface area contributed by atoms with Gasteiger partial charge in [-0.2, -0.15) is 0 Å². The number of unbranched alkanes of at least 4 members (excludes halogenated alkanes) is 1. The second kappa shape index (κ2) is 8.96. The number of carbonyl (C=O) groups excluding carboxylic acids is 1. The smallest absolute Gasteiger partial charge is 0.267 e. The maximum Gasteiger partial charge on any atom is 0.267 e. The normalized spacial score (nSPS) is 10.9. The molecule has 0 bridgehead atoms. The highest BCUT2D eigenvalue weighted by atomic mass is 35.5. The zero-order valence-corrected chi connectivity index (χ0v) is 16.6. The summed E-state index contributed by atoms with van der Waals surface area (Å²) in [4.78, 5) is 12.8. The van der Waals surface area contributed by atoms with Crippen LogP contribution in [0.3, 0.4) is 0 Å². The second-order valence-corrected chi connectivity index (χ2v) is 6.91. The Kier molecular flexibility index (Phi) is 6.40. The van der Waals surface area contributed by atoms with Crippen molar-refractivity contribution in [1.29, 1.82) is 0 Å². The fourth-order valence-electron chi connectivity index (χ4n) is 3.18. The highest BCUT2D eigenvalue weighted by Gasteiger charge is 2.18. The molecule has 27 heavy (non-hydrogen) atoms. The van der Waals surface area contributed by atoms with Crippen molar-refractivity contribution in [3.8, 4) is 5.75 Å². The van der Waals surface area contributed by atoms with E-state index < -0.39 is 0 Å². The summed E-state index contributed by atoms with van der Waals surface area (Å²) < 4.78 is 7.80. The average Bonchev–Trinajstić information content (AvgIpc) is 3.02. The molecule has 0 fully saturated rings. The Bertz CT molecular complexity index is 933. The lowest BCUT2D eigenvalue weighted by atomic mass is 10.2. The maximum absolute atomic E-state index is 12.8. The number of hydrogen-bond donors (Lipinski definition) is 1. The topological polar surface area (TPSA) is 43.3 Å². The van der Waals surface area contributed by atoms with Crippen LogP contribution in [0.15, 0.2) is 48.5 Å². The van der Waals surface area contributed by atoms with Crippen LogP contribution in [0.4, 0.5) is 0 Å². The Balaban J connectivity index is 2.05. The van der Waals surface area contributed by atoms with Gasteiger partial charge in [0.1, 0.15) is 11.4 Å². The number of hydrogen-bond acceptors (Lipinski definition) is 2. The van der Waals surface area contributed by atoms with Crippen LogP contribution in [0, 0.1) is 0 Å². The van der Waals surface area contributed by atoms with E-state index in [4.69, 9.17) is 16.3 Å². The summed E-state index contributed by atoms with van der Waals surface area (Å²) in [6, 6.07) is 15.6. The van der Waals surface area contributed by atoms with Crippen LogP contribution >= 0.6 is 11.6 Å². The number of amides is 1. The standard InChI is InChI=1S/C22H25ClN2O2/c1-3-5-12-24-22(26)20-14-18-19(10-7-11-21(18)27-4-2)25(20)15-16-8-6-9-17(23)13-16/h6-11,13-14H,3-5,12,15H2,1-2H3,(H,24,26). The summed E-state index contributed by atoms with van der Waals surface area (Å²) >= 11 is 6.15. The van der Waals surface area contributed by atoms with Crippen LogP contribution < -0.4 is 10.1 Å². The van der Waals surface area contributed by atoms with Crippen molar-refractivity contribution in [1.82, 2.24) is 9.88 Å². The van der Waals surface area contributed by atoms with E-state index in [2.05, 4.69) is 12.2 Å². The van der Waals surface area contributed by atoms with Crippen LogP contribution in [0.5, 0.6) is 5.75 Å². The minimum Gasteiger partial charge on any atom is -0.493 e. The molecule has 0 spiro atoms. The van der Waals surface area contributed by atoms with E-state index in [0.29, 0.717) is 30.4 Å². The van der Waals surface area contributed by atoms with Gasteiger partial charge in [-0.05, 0) is 49.2 Å². The third-order valence-corrected chi connectivity index (χ3v) is 4.72. The van der Waals surface area contributed by atoms with E-state index in [0.717, 1.165) is 35.1 Å². The average molecular weight is 385 g/mol. The number of nitrogens with zero attached hydrogens (tertiary/aromatic N) is 1. The molecule has 0 aliphatic heterocycles. The molecular formula is C22H25ClN2O2. The fourth-order valence-corrected chi connectivity index (χ4v) is 3.40. The van der Waals surface area contributed by atoms with Crippen LogP contribution in [-0.2, 0) is 6.54 Å². The molecule has 0 aliphatic carbocycles. The Morgan fingerprint density at radius 1 is 1.15 bits per heavy atom. The van der Waals surface area contributed by atoms with E-state index >= 15 is 0 Å². The number of benzene rings is 2. The van der Waals surface area contributed by atoms with Crippen LogP contribution in [0.25, 0.3) is 10.9 Å². The zero-order chi connectivity index (χ0) is 19.2. The number of carbonyl (C=O) groups is 1. The number of fused-ring (bicyclic) bond motifs is 1. The summed E-state index contributed by atoms with van der Waals surface area (Å²) in [7, 11) is 0. The Hall–Kier alpha value is -2.46. The number of halogens is 1. The number of nitrogens with one attached hydrogen (secondary N) is 1. The second-order valence-electron chi connectivity index (χ2n) is 6.48. The Morgan fingerprint density at radius 3 is 2.70 bits per heavy atom. The lowest BCUT2D eigenvalue weighted by molar-refractivity contribution is 0.0945. The zero-order valence-electron chi connectivity index (χ0n) is 15.8. The predicted octanol–water partition coefficient (Wildman–Crippen LogP) is 5.27. The molecule has 0 saturated heterocycles. The molecule has 3 aromatic rings. The van der Waals surface area contributed by atoms with Crippen LogP contribution in [0.1, 0.15) is 42.7 Å². The van der Waals surface area contributed by atoms with Gasteiger partial charge in [0, 0.05) is 23.5 Å². The summed E-state index contributed by atoms with van der Waals surface area (Å²) in [6.07, 6.45) is 2.00. The molecule has 1 N–H and O–H groups in total. The Morgan fingerprint density at radius 2 is 1.96 bits per heavy atom.